The molecule has 1 aromatic rings. The van der Waals surface area contributed by atoms with Gasteiger partial charge in [-0.05, 0) is 6.07 Å². The Kier molecular flexibility index (Phi) is 1.85. The normalized spacial score (nSPS) is 18.9. The molecule has 74 valence electrons. The number of nitrogens with zero attached hydrogens (tertiary/aromatic N) is 1. The predicted octanol–water partition coefficient (Wildman–Crippen LogP) is 1.13. The zero-order chi connectivity index (χ0) is 10.3. The molecule has 0 amide bonds. The first kappa shape index (κ1) is 8.89. The van der Waals surface area contributed by atoms with Gasteiger partial charge in [0.25, 0.3) is 0 Å². The van der Waals surface area contributed by atoms with Crippen molar-refractivity contribution in [3.05, 3.63) is 33.6 Å². The highest BCUT2D eigenvalue weighted by Crippen LogP contribution is 2.40. The van der Waals surface area contributed by atoms with Crippen LogP contribution in [-0.4, -0.2) is 11.5 Å². The van der Waals surface area contributed by atoms with Gasteiger partial charge < -0.3 is 10.5 Å². The molecule has 0 bridgehead atoms. The third kappa shape index (κ3) is 1.12. The number of rotatable bonds is 1. The SMILES string of the molecule is N[C@H]1COc2c1ccc(F)c2[N+](=O)[O-]. The Labute approximate surface area is 78.4 Å². The molecule has 0 spiro atoms. The monoisotopic (exact) mass is 198 g/mol. The second-order valence-corrected chi connectivity index (χ2v) is 2.99. The molecule has 1 aliphatic rings. The maximum absolute atomic E-state index is 13.1. The van der Waals surface area contributed by atoms with Crippen LogP contribution in [0.5, 0.6) is 5.75 Å². The fourth-order valence-corrected chi connectivity index (χ4v) is 1.44. The quantitative estimate of drug-likeness (QED) is 0.541. The van der Waals surface area contributed by atoms with Gasteiger partial charge in [-0.3, -0.25) is 10.1 Å². The van der Waals surface area contributed by atoms with Crippen LogP contribution < -0.4 is 10.5 Å². The van der Waals surface area contributed by atoms with E-state index in [1.807, 2.05) is 0 Å². The van der Waals surface area contributed by atoms with E-state index in [2.05, 4.69) is 0 Å². The van der Waals surface area contributed by atoms with E-state index in [4.69, 9.17) is 10.5 Å². The van der Waals surface area contributed by atoms with Crippen molar-refractivity contribution in [3.63, 3.8) is 0 Å². The lowest BCUT2D eigenvalue weighted by molar-refractivity contribution is -0.388. The number of benzene rings is 1. The summed E-state index contributed by atoms with van der Waals surface area (Å²) >= 11 is 0. The van der Waals surface area contributed by atoms with Crippen molar-refractivity contribution in [3.8, 4) is 5.75 Å². The number of fused-ring (bicyclic) bond motifs is 1. The fraction of sp³-hybridized carbons (Fsp3) is 0.250. The lowest BCUT2D eigenvalue weighted by atomic mass is 10.1. The van der Waals surface area contributed by atoms with Gasteiger partial charge in [-0.15, -0.1) is 0 Å². The average Bonchev–Trinajstić information content (AvgIpc) is 2.47. The van der Waals surface area contributed by atoms with Gasteiger partial charge in [0, 0.05) is 5.56 Å². The number of nitro benzene ring substituents is 1. The van der Waals surface area contributed by atoms with E-state index >= 15 is 0 Å². The summed E-state index contributed by atoms with van der Waals surface area (Å²) in [6.45, 7) is 0.152. The number of nitro groups is 1. The Morgan fingerprint density at radius 3 is 3.00 bits per heavy atom. The van der Waals surface area contributed by atoms with Crippen molar-refractivity contribution in [1.82, 2.24) is 0 Å². The predicted molar refractivity (Wildman–Crippen MR) is 45.5 cm³/mol. The van der Waals surface area contributed by atoms with Crippen molar-refractivity contribution in [2.75, 3.05) is 6.61 Å². The third-order valence-corrected chi connectivity index (χ3v) is 2.10. The van der Waals surface area contributed by atoms with Gasteiger partial charge in [-0.2, -0.15) is 4.39 Å². The number of hydrogen-bond acceptors (Lipinski definition) is 4. The van der Waals surface area contributed by atoms with Crippen LogP contribution in [0, 0.1) is 15.9 Å². The molecular weight excluding hydrogens is 191 g/mol. The minimum absolute atomic E-state index is 0.0394. The summed E-state index contributed by atoms with van der Waals surface area (Å²) in [5, 5.41) is 10.5. The molecule has 1 atom stereocenters. The molecule has 0 unspecified atom stereocenters. The van der Waals surface area contributed by atoms with E-state index < -0.39 is 22.5 Å². The number of nitrogens with two attached hydrogens (primary N) is 1. The Bertz CT molecular complexity index is 408. The van der Waals surface area contributed by atoms with Crippen LogP contribution in [-0.2, 0) is 0 Å². The topological polar surface area (TPSA) is 78.4 Å². The maximum Gasteiger partial charge on any atom is 0.346 e. The van der Waals surface area contributed by atoms with Crippen molar-refractivity contribution in [1.29, 1.82) is 0 Å². The number of halogens is 1. The minimum Gasteiger partial charge on any atom is -0.484 e. The lowest BCUT2D eigenvalue weighted by Crippen LogP contribution is -2.10. The Morgan fingerprint density at radius 2 is 2.36 bits per heavy atom. The first-order chi connectivity index (χ1) is 6.61. The molecule has 0 fully saturated rings. The second-order valence-electron chi connectivity index (χ2n) is 2.99. The van der Waals surface area contributed by atoms with E-state index in [1.54, 1.807) is 0 Å². The summed E-state index contributed by atoms with van der Waals surface area (Å²) in [6, 6.07) is 2.03. The van der Waals surface area contributed by atoms with Crippen molar-refractivity contribution < 1.29 is 14.1 Å². The van der Waals surface area contributed by atoms with Gasteiger partial charge in [0.2, 0.25) is 11.6 Å². The van der Waals surface area contributed by atoms with Gasteiger partial charge >= 0.3 is 5.69 Å². The Hall–Kier alpha value is -1.69. The Morgan fingerprint density at radius 1 is 1.64 bits per heavy atom. The highest BCUT2D eigenvalue weighted by molar-refractivity contribution is 5.55. The van der Waals surface area contributed by atoms with Crippen molar-refractivity contribution >= 4 is 5.69 Å². The molecule has 0 aliphatic carbocycles. The molecule has 0 radical (unpaired) electrons. The van der Waals surface area contributed by atoms with E-state index in [1.165, 1.54) is 6.07 Å². The highest BCUT2D eigenvalue weighted by atomic mass is 19.1. The van der Waals surface area contributed by atoms with E-state index in [0.717, 1.165) is 6.07 Å². The van der Waals surface area contributed by atoms with Crippen LogP contribution in [0.2, 0.25) is 0 Å². The fourth-order valence-electron chi connectivity index (χ4n) is 1.44. The molecule has 14 heavy (non-hydrogen) atoms. The van der Waals surface area contributed by atoms with Gasteiger partial charge in [0.05, 0.1) is 11.0 Å². The summed E-state index contributed by atoms with van der Waals surface area (Å²) in [6.07, 6.45) is 0. The summed E-state index contributed by atoms with van der Waals surface area (Å²) in [7, 11) is 0. The molecule has 0 saturated carbocycles. The Balaban J connectivity index is 2.65. The van der Waals surface area contributed by atoms with Crippen molar-refractivity contribution in [2.45, 2.75) is 6.04 Å². The maximum atomic E-state index is 13.1. The van der Waals surface area contributed by atoms with E-state index in [-0.39, 0.29) is 12.4 Å². The van der Waals surface area contributed by atoms with Gasteiger partial charge in [0.15, 0.2) is 0 Å². The zero-order valence-corrected chi connectivity index (χ0v) is 7.07. The number of ether oxygens (including phenoxy) is 1. The molecule has 6 heteroatoms. The van der Waals surface area contributed by atoms with Crippen LogP contribution in [0.4, 0.5) is 10.1 Å². The highest BCUT2D eigenvalue weighted by Gasteiger charge is 2.32. The first-order valence-corrected chi connectivity index (χ1v) is 3.96. The van der Waals surface area contributed by atoms with Gasteiger partial charge in [0.1, 0.15) is 6.61 Å². The molecule has 1 aromatic carbocycles. The van der Waals surface area contributed by atoms with Crippen LogP contribution in [0.1, 0.15) is 11.6 Å². The number of hydrogen-bond donors (Lipinski definition) is 1. The molecule has 5 nitrogen and oxygen atoms in total. The molecule has 1 aliphatic heterocycles. The van der Waals surface area contributed by atoms with Crippen LogP contribution in [0.25, 0.3) is 0 Å². The lowest BCUT2D eigenvalue weighted by Gasteiger charge is -2.01. The van der Waals surface area contributed by atoms with Crippen LogP contribution >= 0.6 is 0 Å². The summed E-state index contributed by atoms with van der Waals surface area (Å²) in [5.41, 5.74) is 5.45. The first-order valence-electron chi connectivity index (χ1n) is 3.96. The molecule has 0 aromatic heterocycles. The molecule has 2 N–H and O–H groups in total. The second kappa shape index (κ2) is 2.91. The standard InChI is InChI=1S/C8H7FN2O3/c9-5-2-1-4-6(10)3-14-8(4)7(5)11(12)13/h1-2,6H,3,10H2/t6-/m0/s1. The zero-order valence-electron chi connectivity index (χ0n) is 7.07. The smallest absolute Gasteiger partial charge is 0.346 e. The third-order valence-electron chi connectivity index (χ3n) is 2.10. The summed E-state index contributed by atoms with van der Waals surface area (Å²) in [4.78, 5) is 9.73. The molecule has 0 saturated heterocycles. The molecule has 1 heterocycles. The van der Waals surface area contributed by atoms with Gasteiger partial charge in [-0.25, -0.2) is 0 Å². The average molecular weight is 198 g/mol. The van der Waals surface area contributed by atoms with E-state index in [9.17, 15) is 14.5 Å². The largest absolute Gasteiger partial charge is 0.484 e. The minimum atomic E-state index is -0.900. The van der Waals surface area contributed by atoms with Gasteiger partial charge in [-0.1, -0.05) is 6.07 Å². The molecule has 2 rings (SSSR count). The summed E-state index contributed by atoms with van der Waals surface area (Å²) < 4.78 is 18.0. The summed E-state index contributed by atoms with van der Waals surface area (Å²) in [5.74, 6) is -0.939. The van der Waals surface area contributed by atoms with Crippen molar-refractivity contribution in [2.24, 2.45) is 5.73 Å². The van der Waals surface area contributed by atoms with Crippen LogP contribution in [0.15, 0.2) is 12.1 Å². The van der Waals surface area contributed by atoms with Crippen LogP contribution in [0.3, 0.4) is 0 Å². The van der Waals surface area contributed by atoms with E-state index in [0.29, 0.717) is 5.56 Å². The molecular formula is C8H7FN2O3.